The zero-order chi connectivity index (χ0) is 8.72. The second kappa shape index (κ2) is 2.48. The summed E-state index contributed by atoms with van der Waals surface area (Å²) in [5.41, 5.74) is 1.21. The van der Waals surface area contributed by atoms with Crippen molar-refractivity contribution in [2.45, 2.75) is 6.92 Å². The Balaban J connectivity index is 2.88. The Morgan fingerprint density at radius 2 is 2.25 bits per heavy atom. The molecule has 0 N–H and O–H groups in total. The second-order valence-corrected chi connectivity index (χ2v) is 3.49. The van der Waals surface area contributed by atoms with Gasteiger partial charge in [0.15, 0.2) is 0 Å². The van der Waals surface area contributed by atoms with E-state index in [-0.39, 0.29) is 0 Å². The Kier molecular flexibility index (Phi) is 1.58. The number of hydrogen-bond acceptors (Lipinski definition) is 2. The Labute approximate surface area is 77.3 Å². The molecule has 4 heteroatoms. The summed E-state index contributed by atoms with van der Waals surface area (Å²) >= 11 is 3.32. The van der Waals surface area contributed by atoms with Crippen molar-refractivity contribution in [3.63, 3.8) is 0 Å². The van der Waals surface area contributed by atoms with Gasteiger partial charge in [-0.15, -0.1) is 0 Å². The highest BCUT2D eigenvalue weighted by Gasteiger charge is 2.10. The van der Waals surface area contributed by atoms with Crippen LogP contribution in [0.15, 0.2) is 27.2 Å². The number of halogens is 1. The van der Waals surface area contributed by atoms with Gasteiger partial charge in [0.25, 0.3) is 5.69 Å². The molecule has 0 amide bonds. The fourth-order valence-electron chi connectivity index (χ4n) is 1.12. The van der Waals surface area contributed by atoms with Crippen LogP contribution < -0.4 is 4.90 Å². The maximum Gasteiger partial charge on any atom is 0.250 e. The van der Waals surface area contributed by atoms with Gasteiger partial charge in [-0.2, -0.15) is 0 Å². The summed E-state index contributed by atoms with van der Waals surface area (Å²) in [4.78, 5) is 0.525. The molecule has 12 heavy (non-hydrogen) atoms. The fourth-order valence-corrected chi connectivity index (χ4v) is 1.48. The van der Waals surface area contributed by atoms with Gasteiger partial charge in [0.1, 0.15) is 0 Å². The van der Waals surface area contributed by atoms with Crippen LogP contribution in [-0.2, 0) is 0 Å². The lowest BCUT2D eigenvalue weighted by molar-refractivity contribution is -0.792. The smallest absolute Gasteiger partial charge is 0.250 e. The summed E-state index contributed by atoms with van der Waals surface area (Å²) in [5, 5.41) is 11.8. The molecule has 0 aliphatic carbocycles. The summed E-state index contributed by atoms with van der Waals surface area (Å²) in [5.74, 6) is 0. The number of hydrogen-bond donors (Lipinski definition) is 0. The first kappa shape index (κ1) is 7.61. The second-order valence-electron chi connectivity index (χ2n) is 2.57. The average molecular weight is 228 g/mol. The Morgan fingerprint density at radius 1 is 1.50 bits per heavy atom. The van der Waals surface area contributed by atoms with Gasteiger partial charge in [-0.25, -0.2) is 0 Å². The quantitative estimate of drug-likeness (QED) is 0.648. The molecule has 0 unspecified atom stereocenters. The lowest BCUT2D eigenvalue weighted by atomic mass is 10.2. The van der Waals surface area contributed by atoms with Crippen molar-refractivity contribution >= 4 is 26.9 Å². The van der Waals surface area contributed by atoms with Gasteiger partial charge in [0.05, 0.1) is 11.0 Å². The molecule has 62 valence electrons. The van der Waals surface area contributed by atoms with Crippen molar-refractivity contribution in [3.05, 3.63) is 33.6 Å². The van der Waals surface area contributed by atoms with Gasteiger partial charge in [-0.1, -0.05) is 15.9 Å². The van der Waals surface area contributed by atoms with Gasteiger partial charge >= 0.3 is 0 Å². The molecule has 3 nitrogen and oxygen atoms in total. The summed E-state index contributed by atoms with van der Waals surface area (Å²) in [6.07, 6.45) is 0. The van der Waals surface area contributed by atoms with Crippen LogP contribution in [0.25, 0.3) is 11.0 Å². The highest BCUT2D eigenvalue weighted by molar-refractivity contribution is 9.10. The molecule has 1 aromatic heterocycles. The van der Waals surface area contributed by atoms with Crippen molar-refractivity contribution < 1.29 is 9.43 Å². The van der Waals surface area contributed by atoms with Crippen molar-refractivity contribution in [2.24, 2.45) is 0 Å². The van der Waals surface area contributed by atoms with Crippen molar-refractivity contribution in [1.29, 1.82) is 0 Å². The number of rotatable bonds is 0. The van der Waals surface area contributed by atoms with Crippen LogP contribution in [0.4, 0.5) is 0 Å². The summed E-state index contributed by atoms with van der Waals surface area (Å²) < 4.78 is 5.84. The fraction of sp³-hybridized carbons (Fsp3) is 0.125. The SMILES string of the molecule is Cc1c2cc(Br)ccc2o[n+]1[O-]. The molecule has 2 rings (SSSR count). The third-order valence-electron chi connectivity index (χ3n) is 1.79. The number of nitrogens with zero attached hydrogens (tertiary/aromatic N) is 1. The van der Waals surface area contributed by atoms with Gasteiger partial charge in [0, 0.05) is 16.3 Å². The Morgan fingerprint density at radius 3 is 3.00 bits per heavy atom. The predicted molar refractivity (Wildman–Crippen MR) is 47.6 cm³/mol. The van der Waals surface area contributed by atoms with E-state index in [9.17, 15) is 5.21 Å². The van der Waals surface area contributed by atoms with Gasteiger partial charge in [-0.3, -0.25) is 5.21 Å². The molecule has 0 saturated carbocycles. The Bertz CT molecular complexity index is 436. The van der Waals surface area contributed by atoms with Gasteiger partial charge in [-0.05, 0) is 18.2 Å². The van der Waals surface area contributed by atoms with Gasteiger partial charge in [0.2, 0.25) is 0 Å². The normalized spacial score (nSPS) is 10.8. The molecule has 2 aromatic rings. The topological polar surface area (TPSA) is 40.1 Å². The molecule has 0 fully saturated rings. The first-order chi connectivity index (χ1) is 5.68. The maximum atomic E-state index is 11.0. The van der Waals surface area contributed by atoms with E-state index in [0.717, 1.165) is 9.86 Å². The number of aryl methyl sites for hydroxylation is 1. The van der Waals surface area contributed by atoms with E-state index in [4.69, 9.17) is 4.52 Å². The molecule has 0 atom stereocenters. The first-order valence-electron chi connectivity index (χ1n) is 3.47. The van der Waals surface area contributed by atoms with E-state index >= 15 is 0 Å². The minimum atomic E-state index is 0.525. The highest BCUT2D eigenvalue weighted by Crippen LogP contribution is 2.20. The van der Waals surface area contributed by atoms with Crippen LogP contribution in [0.2, 0.25) is 0 Å². The molecule has 0 spiro atoms. The van der Waals surface area contributed by atoms with E-state index in [0.29, 0.717) is 16.2 Å². The van der Waals surface area contributed by atoms with Crippen LogP contribution >= 0.6 is 15.9 Å². The lowest BCUT2D eigenvalue weighted by Gasteiger charge is -1.87. The van der Waals surface area contributed by atoms with E-state index in [1.165, 1.54) is 0 Å². The summed E-state index contributed by atoms with van der Waals surface area (Å²) in [6.45, 7) is 1.73. The number of fused-ring (bicyclic) bond motifs is 1. The average Bonchev–Trinajstić information content (AvgIpc) is 2.31. The summed E-state index contributed by atoms with van der Waals surface area (Å²) in [7, 11) is 0. The molecule has 1 aromatic carbocycles. The maximum absolute atomic E-state index is 11.0. The zero-order valence-corrected chi connectivity index (χ0v) is 7.96. The van der Waals surface area contributed by atoms with Crippen LogP contribution in [0, 0.1) is 12.1 Å². The molecular weight excluding hydrogens is 222 g/mol. The first-order valence-corrected chi connectivity index (χ1v) is 4.26. The third kappa shape index (κ3) is 0.992. The minimum absolute atomic E-state index is 0.525. The van der Waals surface area contributed by atoms with Crippen molar-refractivity contribution in [3.8, 4) is 0 Å². The molecule has 1 heterocycles. The van der Waals surface area contributed by atoms with Crippen molar-refractivity contribution in [1.82, 2.24) is 0 Å². The lowest BCUT2D eigenvalue weighted by Crippen LogP contribution is -2.25. The molecule has 0 radical (unpaired) electrons. The summed E-state index contributed by atoms with van der Waals surface area (Å²) in [6, 6.07) is 5.47. The largest absolute Gasteiger partial charge is 0.366 e. The standard InChI is InChI=1S/C8H6BrNO2/c1-5-7-4-6(9)2-3-8(7)12-10(5)11/h2-4H,1H3. The van der Waals surface area contributed by atoms with Crippen LogP contribution in [-0.4, -0.2) is 0 Å². The molecule has 0 saturated heterocycles. The van der Waals surface area contributed by atoms with E-state index in [2.05, 4.69) is 15.9 Å². The molecular formula is C8H6BrNO2. The molecule has 0 aliphatic rings. The van der Waals surface area contributed by atoms with Gasteiger partial charge < -0.3 is 4.52 Å². The van der Waals surface area contributed by atoms with Crippen LogP contribution in [0.3, 0.4) is 0 Å². The predicted octanol–water partition coefficient (Wildman–Crippen LogP) is 2.14. The van der Waals surface area contributed by atoms with Crippen molar-refractivity contribution in [2.75, 3.05) is 0 Å². The highest BCUT2D eigenvalue weighted by atomic mass is 79.9. The number of benzene rings is 1. The minimum Gasteiger partial charge on any atom is -0.366 e. The van der Waals surface area contributed by atoms with Crippen LogP contribution in [0.5, 0.6) is 0 Å². The molecule has 0 bridgehead atoms. The Hall–Kier alpha value is -1.03. The zero-order valence-electron chi connectivity index (χ0n) is 6.37. The van der Waals surface area contributed by atoms with E-state index in [1.807, 2.05) is 12.1 Å². The van der Waals surface area contributed by atoms with E-state index < -0.39 is 0 Å². The van der Waals surface area contributed by atoms with E-state index in [1.54, 1.807) is 13.0 Å². The van der Waals surface area contributed by atoms with Crippen LogP contribution in [0.1, 0.15) is 5.69 Å². The third-order valence-corrected chi connectivity index (χ3v) is 2.28. The number of aromatic nitrogens is 1. The monoisotopic (exact) mass is 227 g/mol. The molecule has 0 aliphatic heterocycles.